The van der Waals surface area contributed by atoms with E-state index in [2.05, 4.69) is 0 Å². The molecule has 1 amide bonds. The molecule has 2 heterocycles. The molecule has 0 aliphatic carbocycles. The highest BCUT2D eigenvalue weighted by molar-refractivity contribution is 6.42. The van der Waals surface area contributed by atoms with Crippen LogP contribution in [0.2, 0.25) is 10.0 Å². The van der Waals surface area contributed by atoms with Gasteiger partial charge in [-0.1, -0.05) is 65.7 Å². The minimum Gasteiger partial charge on any atom is -0.491 e. The van der Waals surface area contributed by atoms with Crippen LogP contribution in [0.5, 0.6) is 5.75 Å². The van der Waals surface area contributed by atoms with Gasteiger partial charge in [0, 0.05) is 25.6 Å². The van der Waals surface area contributed by atoms with E-state index in [0.717, 1.165) is 5.56 Å². The number of carbonyl (C=O) groups excluding carboxylic acids is 2. The van der Waals surface area contributed by atoms with Gasteiger partial charge in [0.25, 0.3) is 0 Å². The van der Waals surface area contributed by atoms with Crippen molar-refractivity contribution in [2.24, 2.45) is 0 Å². The maximum absolute atomic E-state index is 13.8. The zero-order valence-corrected chi connectivity index (χ0v) is 24.9. The average Bonchev–Trinajstić information content (AvgIpc) is 3.28. The summed E-state index contributed by atoms with van der Waals surface area (Å²) in [4.78, 5) is 42.4. The van der Waals surface area contributed by atoms with Crippen molar-refractivity contribution in [2.45, 2.75) is 45.9 Å². The monoisotopic (exact) mass is 603 g/mol. The number of aryl methyl sites for hydroxylation is 1. The molecular weight excluding hydrogens is 573 g/mol. The summed E-state index contributed by atoms with van der Waals surface area (Å²) in [6.07, 6.45) is 3.81. The molecule has 42 heavy (non-hydrogen) atoms. The Kier molecular flexibility index (Phi) is 9.00. The van der Waals surface area contributed by atoms with Crippen molar-refractivity contribution in [1.29, 1.82) is 0 Å². The summed E-state index contributed by atoms with van der Waals surface area (Å²) in [6.45, 7) is 4.59. The van der Waals surface area contributed by atoms with Crippen molar-refractivity contribution in [1.82, 2.24) is 14.0 Å². The Morgan fingerprint density at radius 1 is 0.952 bits per heavy atom. The third-order valence-electron chi connectivity index (χ3n) is 7.09. The highest BCUT2D eigenvalue weighted by Crippen LogP contribution is 2.27. The first-order chi connectivity index (χ1) is 20.2. The van der Waals surface area contributed by atoms with E-state index in [1.165, 1.54) is 10.6 Å². The lowest BCUT2D eigenvalue weighted by Gasteiger charge is -2.27. The topological polar surface area (TPSA) is 73.5 Å². The number of fused-ring (bicyclic) bond motifs is 1. The lowest BCUT2D eigenvalue weighted by Crippen LogP contribution is -2.40. The first-order valence-corrected chi connectivity index (χ1v) is 14.6. The molecule has 1 aliphatic rings. The Balaban J connectivity index is 1.48. The van der Waals surface area contributed by atoms with Gasteiger partial charge in [0.2, 0.25) is 5.91 Å². The second-order valence-corrected chi connectivity index (χ2v) is 11.2. The highest BCUT2D eigenvalue weighted by Gasteiger charge is 2.31. The van der Waals surface area contributed by atoms with E-state index < -0.39 is 0 Å². The molecule has 0 unspecified atom stereocenters. The van der Waals surface area contributed by atoms with Gasteiger partial charge in [-0.2, -0.15) is 0 Å². The molecule has 0 N–H and O–H groups in total. The molecule has 0 spiro atoms. The maximum Gasteiger partial charge on any atom is 0.333 e. The summed E-state index contributed by atoms with van der Waals surface area (Å²) in [6, 6.07) is 22.1. The first-order valence-electron chi connectivity index (χ1n) is 13.8. The minimum atomic E-state index is -0.307. The number of ether oxygens (including phenoxy) is 1. The number of imidazole rings is 1. The summed E-state index contributed by atoms with van der Waals surface area (Å²) in [5, 5.41) is 0.765. The zero-order chi connectivity index (χ0) is 29.8. The molecule has 0 saturated carbocycles. The van der Waals surface area contributed by atoms with Crippen LogP contribution in [0, 0.1) is 0 Å². The standard InChI is InChI=1S/C33H31Cl2N3O4/c1-22(2)42-26-15-13-25(14-16-26)38-32(29(39)17-11-23-7-4-3-5-8-23)28-21-36(19-20-37(28)33(38)41)30(40)18-12-24-9-6-10-27(34)31(24)35/h3-10,12-16,18,22H,11,17,19-21H2,1-2H3/b18-12+. The number of carbonyl (C=O) groups is 2. The number of hydrogen-bond acceptors (Lipinski definition) is 4. The number of rotatable bonds is 9. The van der Waals surface area contributed by atoms with E-state index in [4.69, 9.17) is 27.9 Å². The number of ketones is 1. The fourth-order valence-corrected chi connectivity index (χ4v) is 5.43. The van der Waals surface area contributed by atoms with Crippen LogP contribution in [0.3, 0.4) is 0 Å². The molecule has 0 atom stereocenters. The fourth-order valence-electron chi connectivity index (χ4n) is 5.06. The minimum absolute atomic E-state index is 0.00275. The third kappa shape index (κ3) is 6.37. The Bertz CT molecular complexity index is 1690. The molecule has 1 aromatic heterocycles. The van der Waals surface area contributed by atoms with Gasteiger partial charge in [0.1, 0.15) is 11.4 Å². The number of aromatic nitrogens is 2. The Labute approximate surface area is 254 Å². The van der Waals surface area contributed by atoms with Gasteiger partial charge < -0.3 is 9.64 Å². The van der Waals surface area contributed by atoms with Gasteiger partial charge in [-0.3, -0.25) is 18.7 Å². The van der Waals surface area contributed by atoms with Crippen LogP contribution >= 0.6 is 23.2 Å². The summed E-state index contributed by atoms with van der Waals surface area (Å²) in [5.74, 6) is 0.254. The van der Waals surface area contributed by atoms with Crippen LogP contribution in [0.25, 0.3) is 11.8 Å². The Morgan fingerprint density at radius 2 is 1.69 bits per heavy atom. The molecule has 9 heteroatoms. The predicted octanol–water partition coefficient (Wildman–Crippen LogP) is 6.60. The molecule has 0 saturated heterocycles. The molecule has 7 nitrogen and oxygen atoms in total. The van der Waals surface area contributed by atoms with Crippen LogP contribution in [0.4, 0.5) is 0 Å². The maximum atomic E-state index is 13.8. The smallest absolute Gasteiger partial charge is 0.333 e. The number of benzene rings is 3. The Hall–Kier alpha value is -4.07. The molecule has 216 valence electrons. The van der Waals surface area contributed by atoms with Crippen molar-refractivity contribution in [3.05, 3.63) is 122 Å². The van der Waals surface area contributed by atoms with E-state index in [1.54, 1.807) is 58.0 Å². The van der Waals surface area contributed by atoms with Crippen LogP contribution in [0.15, 0.2) is 83.7 Å². The molecular formula is C33H31Cl2N3O4. The fraction of sp³-hybridized carbons (Fsp3) is 0.242. The van der Waals surface area contributed by atoms with Crippen molar-refractivity contribution in [2.75, 3.05) is 6.54 Å². The zero-order valence-electron chi connectivity index (χ0n) is 23.4. The van der Waals surface area contributed by atoms with Crippen LogP contribution in [-0.2, 0) is 24.3 Å². The molecule has 0 bridgehead atoms. The highest BCUT2D eigenvalue weighted by atomic mass is 35.5. The normalized spacial score (nSPS) is 13.0. The number of amides is 1. The van der Waals surface area contributed by atoms with E-state index >= 15 is 0 Å². The third-order valence-corrected chi connectivity index (χ3v) is 7.93. The van der Waals surface area contributed by atoms with Gasteiger partial charge in [0.15, 0.2) is 5.78 Å². The average molecular weight is 605 g/mol. The van der Waals surface area contributed by atoms with Gasteiger partial charge in [-0.05, 0) is 67.8 Å². The first kappa shape index (κ1) is 29.4. The predicted molar refractivity (Wildman–Crippen MR) is 166 cm³/mol. The molecule has 0 radical (unpaired) electrons. The molecule has 3 aromatic carbocycles. The number of halogens is 2. The number of hydrogen-bond donors (Lipinski definition) is 0. The van der Waals surface area contributed by atoms with Gasteiger partial charge in [-0.15, -0.1) is 0 Å². The van der Waals surface area contributed by atoms with Crippen molar-refractivity contribution >= 4 is 41.0 Å². The lowest BCUT2D eigenvalue weighted by molar-refractivity contribution is -0.127. The largest absolute Gasteiger partial charge is 0.491 e. The molecule has 5 rings (SSSR count). The van der Waals surface area contributed by atoms with Crippen LogP contribution in [-0.4, -0.2) is 38.4 Å². The quantitative estimate of drug-likeness (QED) is 0.159. The summed E-state index contributed by atoms with van der Waals surface area (Å²) >= 11 is 12.4. The molecule has 4 aromatic rings. The van der Waals surface area contributed by atoms with E-state index in [1.807, 2.05) is 44.2 Å². The van der Waals surface area contributed by atoms with E-state index in [-0.39, 0.29) is 43.0 Å². The van der Waals surface area contributed by atoms with Gasteiger partial charge in [0.05, 0.1) is 34.1 Å². The second kappa shape index (κ2) is 12.8. The lowest BCUT2D eigenvalue weighted by atomic mass is 10.0. The summed E-state index contributed by atoms with van der Waals surface area (Å²) in [7, 11) is 0. The summed E-state index contributed by atoms with van der Waals surface area (Å²) in [5.41, 5.74) is 2.74. The van der Waals surface area contributed by atoms with Crippen LogP contribution < -0.4 is 10.4 Å². The summed E-state index contributed by atoms with van der Waals surface area (Å²) < 4.78 is 8.84. The van der Waals surface area contributed by atoms with Gasteiger partial charge in [-0.25, -0.2) is 4.79 Å². The van der Waals surface area contributed by atoms with Crippen molar-refractivity contribution in [3.63, 3.8) is 0 Å². The van der Waals surface area contributed by atoms with Crippen LogP contribution in [0.1, 0.15) is 47.6 Å². The van der Waals surface area contributed by atoms with Crippen molar-refractivity contribution < 1.29 is 14.3 Å². The Morgan fingerprint density at radius 3 is 2.40 bits per heavy atom. The SMILES string of the molecule is CC(C)Oc1ccc(-n2c(C(=O)CCc3ccccc3)c3n(c2=O)CCN(C(=O)/C=C/c2cccc(Cl)c2Cl)C3)cc1. The second-order valence-electron chi connectivity index (χ2n) is 10.4. The van der Waals surface area contributed by atoms with Crippen molar-refractivity contribution in [3.8, 4) is 11.4 Å². The van der Waals surface area contributed by atoms with Gasteiger partial charge >= 0.3 is 5.69 Å². The molecule has 1 aliphatic heterocycles. The number of Topliss-reactive ketones (excluding diaryl/α,β-unsaturated/α-hetero) is 1. The number of nitrogens with zero attached hydrogens (tertiary/aromatic N) is 3. The van der Waals surface area contributed by atoms with E-state index in [9.17, 15) is 14.4 Å². The molecule has 0 fully saturated rings. The van der Waals surface area contributed by atoms with E-state index in [0.29, 0.717) is 51.4 Å².